The maximum Gasteiger partial charge on any atom is 0.119 e. The molecule has 0 aliphatic carbocycles. The van der Waals surface area contributed by atoms with Gasteiger partial charge in [-0.1, -0.05) is 46.8 Å². The molecule has 17 heavy (non-hydrogen) atoms. The topological polar surface area (TPSA) is 9.23 Å². The molecule has 1 aromatic carbocycles. The van der Waals surface area contributed by atoms with Crippen LogP contribution in [0.4, 0.5) is 0 Å². The van der Waals surface area contributed by atoms with E-state index >= 15 is 0 Å². The van der Waals surface area contributed by atoms with Crippen LogP contribution < -0.4 is 4.74 Å². The van der Waals surface area contributed by atoms with E-state index in [1.165, 1.54) is 18.4 Å². The summed E-state index contributed by atoms with van der Waals surface area (Å²) in [5, 5.41) is 0. The van der Waals surface area contributed by atoms with E-state index in [9.17, 15) is 0 Å². The van der Waals surface area contributed by atoms with Gasteiger partial charge < -0.3 is 4.74 Å². The first-order valence-corrected chi connectivity index (χ1v) is 6.69. The fraction of sp³-hybridized carbons (Fsp3) is 0.625. The third-order valence-corrected chi connectivity index (χ3v) is 3.01. The molecule has 0 N–H and O–H groups in total. The van der Waals surface area contributed by atoms with Crippen molar-refractivity contribution >= 4 is 0 Å². The quantitative estimate of drug-likeness (QED) is 0.695. The number of hydrogen-bond acceptors (Lipinski definition) is 1. The van der Waals surface area contributed by atoms with Crippen molar-refractivity contribution in [3.8, 4) is 5.75 Å². The molecule has 0 bridgehead atoms. The zero-order valence-corrected chi connectivity index (χ0v) is 11.9. The van der Waals surface area contributed by atoms with E-state index in [1.807, 2.05) is 0 Å². The van der Waals surface area contributed by atoms with Gasteiger partial charge in [-0.2, -0.15) is 0 Å². The molecule has 0 unspecified atom stereocenters. The third kappa shape index (κ3) is 4.80. The summed E-state index contributed by atoms with van der Waals surface area (Å²) in [5.74, 6) is 1.67. The molecule has 1 rings (SSSR count). The molecule has 1 nitrogen and oxygen atoms in total. The Balaban J connectivity index is 2.62. The van der Waals surface area contributed by atoms with Gasteiger partial charge in [0.2, 0.25) is 0 Å². The van der Waals surface area contributed by atoms with E-state index in [2.05, 4.69) is 58.9 Å². The van der Waals surface area contributed by atoms with Crippen molar-refractivity contribution in [3.05, 3.63) is 29.8 Å². The predicted molar refractivity (Wildman–Crippen MR) is 74.7 cm³/mol. The summed E-state index contributed by atoms with van der Waals surface area (Å²) >= 11 is 0. The monoisotopic (exact) mass is 234 g/mol. The maximum atomic E-state index is 5.77. The molecule has 0 heterocycles. The zero-order valence-electron chi connectivity index (χ0n) is 11.9. The highest BCUT2D eigenvalue weighted by Gasteiger charge is 2.11. The number of benzene rings is 1. The molecule has 1 heteroatoms. The van der Waals surface area contributed by atoms with Gasteiger partial charge in [-0.25, -0.2) is 0 Å². The van der Waals surface area contributed by atoms with Crippen LogP contribution in [0.2, 0.25) is 0 Å². The van der Waals surface area contributed by atoms with Crippen molar-refractivity contribution in [2.24, 2.45) is 5.41 Å². The molecule has 0 aliphatic heterocycles. The molecule has 1 aromatic rings. The average molecular weight is 234 g/mol. The molecule has 0 saturated carbocycles. The predicted octanol–water partition coefficient (Wildman–Crippen LogP) is 5.02. The van der Waals surface area contributed by atoms with Crippen molar-refractivity contribution in [2.45, 2.75) is 53.4 Å². The lowest BCUT2D eigenvalue weighted by Crippen LogP contribution is -2.16. The lowest BCUT2D eigenvalue weighted by molar-refractivity contribution is 0.198. The Morgan fingerprint density at radius 3 is 1.94 bits per heavy atom. The van der Waals surface area contributed by atoms with Gasteiger partial charge in [0.15, 0.2) is 0 Å². The van der Waals surface area contributed by atoms with E-state index in [4.69, 9.17) is 4.74 Å². The van der Waals surface area contributed by atoms with Gasteiger partial charge in [0, 0.05) is 0 Å². The Labute approximate surface area is 106 Å². The molecule has 0 saturated heterocycles. The molecule has 0 amide bonds. The van der Waals surface area contributed by atoms with Crippen LogP contribution in [0, 0.1) is 5.41 Å². The molecule has 0 spiro atoms. The van der Waals surface area contributed by atoms with E-state index in [0.717, 1.165) is 12.4 Å². The van der Waals surface area contributed by atoms with Crippen molar-refractivity contribution in [2.75, 3.05) is 6.61 Å². The molecule has 0 fully saturated rings. The zero-order chi connectivity index (χ0) is 12.9. The van der Waals surface area contributed by atoms with Crippen LogP contribution >= 0.6 is 0 Å². The minimum Gasteiger partial charge on any atom is -0.493 e. The molecule has 0 aliphatic rings. The number of rotatable bonds is 5. The Bertz CT molecular complexity index is 314. The van der Waals surface area contributed by atoms with Crippen LogP contribution in [0.1, 0.15) is 58.9 Å². The van der Waals surface area contributed by atoms with Gasteiger partial charge in [-0.3, -0.25) is 0 Å². The lowest BCUT2D eigenvalue weighted by atomic mass is 9.94. The minimum absolute atomic E-state index is 0.216. The Morgan fingerprint density at radius 1 is 1.00 bits per heavy atom. The van der Waals surface area contributed by atoms with Crippen LogP contribution in [0.5, 0.6) is 5.75 Å². The third-order valence-electron chi connectivity index (χ3n) is 3.01. The molecule has 0 atom stereocenters. The fourth-order valence-corrected chi connectivity index (χ4v) is 1.90. The van der Waals surface area contributed by atoms with Crippen molar-refractivity contribution in [1.29, 1.82) is 0 Å². The highest BCUT2D eigenvalue weighted by molar-refractivity contribution is 5.29. The second-order valence-electron chi connectivity index (χ2n) is 5.93. The Hall–Kier alpha value is -0.980. The molecular weight excluding hydrogens is 208 g/mol. The fourth-order valence-electron chi connectivity index (χ4n) is 1.90. The Kier molecular flexibility index (Phi) is 5.04. The number of hydrogen-bond donors (Lipinski definition) is 0. The van der Waals surface area contributed by atoms with Crippen LogP contribution in [-0.4, -0.2) is 6.61 Å². The smallest absolute Gasteiger partial charge is 0.119 e. The van der Waals surface area contributed by atoms with Gasteiger partial charge in [0.1, 0.15) is 5.75 Å². The normalized spacial score (nSPS) is 11.9. The van der Waals surface area contributed by atoms with Gasteiger partial charge in [-0.05, 0) is 41.9 Å². The first-order valence-electron chi connectivity index (χ1n) is 6.69. The molecular formula is C16H26O. The van der Waals surface area contributed by atoms with Crippen LogP contribution in [0.25, 0.3) is 0 Å². The second-order valence-corrected chi connectivity index (χ2v) is 5.93. The maximum absolute atomic E-state index is 5.77. The summed E-state index contributed by atoms with van der Waals surface area (Å²) in [6, 6.07) is 8.60. The summed E-state index contributed by atoms with van der Waals surface area (Å²) in [5.41, 5.74) is 1.65. The van der Waals surface area contributed by atoms with Gasteiger partial charge in [0.25, 0.3) is 0 Å². The molecule has 0 aromatic heterocycles. The minimum atomic E-state index is 0.216. The summed E-state index contributed by atoms with van der Waals surface area (Å²) in [4.78, 5) is 0. The van der Waals surface area contributed by atoms with E-state index in [1.54, 1.807) is 0 Å². The van der Waals surface area contributed by atoms with Gasteiger partial charge in [-0.15, -0.1) is 0 Å². The van der Waals surface area contributed by atoms with Crippen molar-refractivity contribution in [3.63, 3.8) is 0 Å². The number of ether oxygens (including phenoxy) is 1. The Morgan fingerprint density at radius 2 is 1.53 bits per heavy atom. The summed E-state index contributed by atoms with van der Waals surface area (Å²) in [6.45, 7) is 11.8. The SMILES string of the molecule is CCC(CC)c1ccc(OCC(C)(C)C)cc1. The average Bonchev–Trinajstić information content (AvgIpc) is 2.29. The summed E-state index contributed by atoms with van der Waals surface area (Å²) in [6.07, 6.45) is 2.41. The standard InChI is InChI=1S/C16H26O/c1-6-13(7-2)14-8-10-15(11-9-14)17-12-16(3,4)5/h8-11,13H,6-7,12H2,1-5H3. The second kappa shape index (κ2) is 6.09. The van der Waals surface area contributed by atoms with Crippen molar-refractivity contribution in [1.82, 2.24) is 0 Å². The van der Waals surface area contributed by atoms with Crippen molar-refractivity contribution < 1.29 is 4.74 Å². The van der Waals surface area contributed by atoms with E-state index in [-0.39, 0.29) is 5.41 Å². The van der Waals surface area contributed by atoms with Crippen LogP contribution in [0.3, 0.4) is 0 Å². The van der Waals surface area contributed by atoms with Gasteiger partial charge in [0.05, 0.1) is 6.61 Å². The van der Waals surface area contributed by atoms with Crippen LogP contribution in [-0.2, 0) is 0 Å². The molecule has 96 valence electrons. The summed E-state index contributed by atoms with van der Waals surface area (Å²) in [7, 11) is 0. The summed E-state index contributed by atoms with van der Waals surface area (Å²) < 4.78 is 5.77. The first kappa shape index (κ1) is 14.1. The van der Waals surface area contributed by atoms with E-state index in [0.29, 0.717) is 5.92 Å². The highest BCUT2D eigenvalue weighted by Crippen LogP contribution is 2.25. The largest absolute Gasteiger partial charge is 0.493 e. The highest BCUT2D eigenvalue weighted by atomic mass is 16.5. The first-order chi connectivity index (χ1) is 7.96. The van der Waals surface area contributed by atoms with Crippen LogP contribution in [0.15, 0.2) is 24.3 Å². The lowest BCUT2D eigenvalue weighted by Gasteiger charge is -2.19. The van der Waals surface area contributed by atoms with Gasteiger partial charge >= 0.3 is 0 Å². The molecule has 0 radical (unpaired) electrons. The van der Waals surface area contributed by atoms with E-state index < -0.39 is 0 Å².